The van der Waals surface area contributed by atoms with Crippen molar-refractivity contribution in [2.24, 2.45) is 0 Å². The zero-order valence-electron chi connectivity index (χ0n) is 11.4. The number of hydrogen-bond acceptors (Lipinski definition) is 2. The Kier molecular flexibility index (Phi) is 3.06. The number of nitrogens with zero attached hydrogens (tertiary/aromatic N) is 2. The topological polar surface area (TPSA) is 27.0 Å². The Morgan fingerprint density at radius 2 is 2.17 bits per heavy atom. The number of rotatable bonds is 1. The lowest BCUT2D eigenvalue weighted by Gasteiger charge is -2.47. The van der Waals surface area contributed by atoms with Gasteiger partial charge < -0.3 is 4.90 Å². The smallest absolute Gasteiger partial charge is 0.143 e. The van der Waals surface area contributed by atoms with E-state index >= 15 is 0 Å². The highest BCUT2D eigenvalue weighted by Crippen LogP contribution is 2.43. The molecule has 2 rings (SSSR count). The Morgan fingerprint density at radius 3 is 2.72 bits per heavy atom. The monoisotopic (exact) mass is 246 g/mol. The maximum absolute atomic E-state index is 13.8. The van der Waals surface area contributed by atoms with Gasteiger partial charge in [-0.15, -0.1) is 0 Å². The summed E-state index contributed by atoms with van der Waals surface area (Å²) in [6.45, 7) is 9.44. The Balaban J connectivity index is 2.63. The summed E-state index contributed by atoms with van der Waals surface area (Å²) in [5.41, 5.74) is 2.21. The van der Waals surface area contributed by atoms with E-state index in [0.29, 0.717) is 5.92 Å². The quantitative estimate of drug-likeness (QED) is 0.753. The van der Waals surface area contributed by atoms with Gasteiger partial charge in [0.15, 0.2) is 0 Å². The van der Waals surface area contributed by atoms with Gasteiger partial charge in [0.25, 0.3) is 0 Å². The number of benzene rings is 1. The molecule has 18 heavy (non-hydrogen) atoms. The van der Waals surface area contributed by atoms with Crippen LogP contribution in [-0.4, -0.2) is 12.1 Å². The summed E-state index contributed by atoms with van der Waals surface area (Å²) >= 11 is 0. The second-order valence-corrected chi connectivity index (χ2v) is 5.66. The van der Waals surface area contributed by atoms with Gasteiger partial charge in [-0.1, -0.05) is 6.92 Å². The molecule has 96 valence electrons. The minimum absolute atomic E-state index is 0.0295. The molecule has 1 aliphatic heterocycles. The molecule has 1 atom stereocenters. The molecule has 1 heterocycles. The van der Waals surface area contributed by atoms with Crippen molar-refractivity contribution in [3.8, 4) is 6.07 Å². The molecule has 0 fully saturated rings. The molecule has 0 amide bonds. The molecule has 1 aromatic carbocycles. The van der Waals surface area contributed by atoms with E-state index in [1.807, 2.05) is 6.07 Å². The van der Waals surface area contributed by atoms with Gasteiger partial charge in [-0.2, -0.15) is 5.26 Å². The van der Waals surface area contributed by atoms with E-state index in [1.165, 1.54) is 6.07 Å². The summed E-state index contributed by atoms with van der Waals surface area (Å²) in [7, 11) is 0. The fourth-order valence-corrected chi connectivity index (χ4v) is 3.19. The highest BCUT2D eigenvalue weighted by Gasteiger charge is 2.36. The van der Waals surface area contributed by atoms with E-state index in [0.717, 1.165) is 24.2 Å². The van der Waals surface area contributed by atoms with Crippen molar-refractivity contribution in [1.29, 1.82) is 5.26 Å². The van der Waals surface area contributed by atoms with Crippen LogP contribution in [0.2, 0.25) is 0 Å². The van der Waals surface area contributed by atoms with E-state index in [1.54, 1.807) is 6.07 Å². The summed E-state index contributed by atoms with van der Waals surface area (Å²) in [6, 6.07) is 5.16. The first kappa shape index (κ1) is 12.9. The van der Waals surface area contributed by atoms with E-state index in [-0.39, 0.29) is 11.1 Å². The van der Waals surface area contributed by atoms with Crippen molar-refractivity contribution >= 4 is 5.69 Å². The molecule has 0 aliphatic carbocycles. The molecule has 0 N–H and O–H groups in total. The van der Waals surface area contributed by atoms with Gasteiger partial charge in [-0.3, -0.25) is 0 Å². The SMILES string of the molecule is CCN1c2cc(F)c(C#N)cc2[C@H](C)CC1(C)C. The highest BCUT2D eigenvalue weighted by atomic mass is 19.1. The van der Waals surface area contributed by atoms with Crippen LogP contribution in [0.25, 0.3) is 0 Å². The van der Waals surface area contributed by atoms with E-state index < -0.39 is 5.82 Å². The summed E-state index contributed by atoms with van der Waals surface area (Å²) in [6.07, 6.45) is 1.02. The van der Waals surface area contributed by atoms with Crippen LogP contribution in [0.4, 0.5) is 10.1 Å². The van der Waals surface area contributed by atoms with Crippen LogP contribution < -0.4 is 4.90 Å². The fraction of sp³-hybridized carbons (Fsp3) is 0.533. The van der Waals surface area contributed by atoms with Crippen LogP contribution in [0.1, 0.15) is 51.2 Å². The van der Waals surface area contributed by atoms with Gasteiger partial charge in [0.2, 0.25) is 0 Å². The van der Waals surface area contributed by atoms with Crippen LogP contribution in [0.5, 0.6) is 0 Å². The first-order chi connectivity index (χ1) is 8.40. The van der Waals surface area contributed by atoms with Gasteiger partial charge in [0.1, 0.15) is 11.9 Å². The number of anilines is 1. The number of halogens is 1. The predicted octanol–water partition coefficient (Wildman–Crippen LogP) is 3.81. The molecule has 0 unspecified atom stereocenters. The molecule has 0 bridgehead atoms. The maximum atomic E-state index is 13.8. The molecule has 0 aromatic heterocycles. The minimum Gasteiger partial charge on any atom is -0.366 e. The largest absolute Gasteiger partial charge is 0.366 e. The number of nitriles is 1. The van der Waals surface area contributed by atoms with Gasteiger partial charge in [0, 0.05) is 17.8 Å². The lowest BCUT2D eigenvalue weighted by Crippen LogP contribution is -2.48. The maximum Gasteiger partial charge on any atom is 0.143 e. The van der Waals surface area contributed by atoms with Gasteiger partial charge in [-0.25, -0.2) is 4.39 Å². The third-order valence-corrected chi connectivity index (χ3v) is 3.91. The van der Waals surface area contributed by atoms with Crippen LogP contribution in [0.3, 0.4) is 0 Å². The first-order valence-electron chi connectivity index (χ1n) is 6.42. The Labute approximate surface area is 108 Å². The third kappa shape index (κ3) is 1.86. The van der Waals surface area contributed by atoms with Crippen LogP contribution in [0.15, 0.2) is 12.1 Å². The molecule has 0 spiro atoms. The molecular formula is C15H19FN2. The zero-order chi connectivity index (χ0) is 13.5. The Hall–Kier alpha value is -1.56. The Morgan fingerprint density at radius 1 is 1.50 bits per heavy atom. The van der Waals surface area contributed by atoms with Crippen LogP contribution in [0, 0.1) is 17.1 Å². The average molecular weight is 246 g/mol. The second-order valence-electron chi connectivity index (χ2n) is 5.66. The van der Waals surface area contributed by atoms with Crippen molar-refractivity contribution in [2.75, 3.05) is 11.4 Å². The average Bonchev–Trinajstić information content (AvgIpc) is 2.27. The summed E-state index contributed by atoms with van der Waals surface area (Å²) in [4.78, 5) is 2.23. The number of hydrogen-bond donors (Lipinski definition) is 0. The number of fused-ring (bicyclic) bond motifs is 1. The van der Waals surface area contributed by atoms with Crippen molar-refractivity contribution in [1.82, 2.24) is 0 Å². The van der Waals surface area contributed by atoms with Gasteiger partial charge >= 0.3 is 0 Å². The first-order valence-corrected chi connectivity index (χ1v) is 6.42. The molecule has 0 saturated carbocycles. The summed E-state index contributed by atoms with van der Waals surface area (Å²) in [5, 5.41) is 8.93. The van der Waals surface area contributed by atoms with E-state index in [9.17, 15) is 4.39 Å². The summed E-state index contributed by atoms with van der Waals surface area (Å²) in [5.74, 6) is -0.0647. The fourth-order valence-electron chi connectivity index (χ4n) is 3.19. The molecular weight excluding hydrogens is 227 g/mol. The van der Waals surface area contributed by atoms with Crippen molar-refractivity contribution in [2.45, 2.75) is 45.6 Å². The standard InChI is InChI=1S/C15H19FN2/c1-5-18-14-7-13(16)11(9-17)6-12(14)10(2)8-15(18,3)4/h6-7,10H,5,8H2,1-4H3/t10-/m1/s1. The van der Waals surface area contributed by atoms with Crippen molar-refractivity contribution in [3.63, 3.8) is 0 Å². The molecule has 0 saturated heterocycles. The lowest BCUT2D eigenvalue weighted by molar-refractivity contribution is 0.380. The molecule has 1 aliphatic rings. The van der Waals surface area contributed by atoms with Crippen LogP contribution >= 0.6 is 0 Å². The van der Waals surface area contributed by atoms with Gasteiger partial charge in [-0.05, 0) is 50.8 Å². The predicted molar refractivity (Wildman–Crippen MR) is 71.2 cm³/mol. The molecule has 1 aromatic rings. The Bertz CT molecular complexity index is 514. The lowest BCUT2D eigenvalue weighted by atomic mass is 9.79. The van der Waals surface area contributed by atoms with E-state index in [2.05, 4.69) is 32.6 Å². The molecule has 2 nitrogen and oxygen atoms in total. The highest BCUT2D eigenvalue weighted by molar-refractivity contribution is 5.62. The van der Waals surface area contributed by atoms with Crippen molar-refractivity contribution < 1.29 is 4.39 Å². The van der Waals surface area contributed by atoms with Gasteiger partial charge in [0.05, 0.1) is 5.56 Å². The molecule has 3 heteroatoms. The van der Waals surface area contributed by atoms with Crippen molar-refractivity contribution in [3.05, 3.63) is 29.1 Å². The normalized spacial score (nSPS) is 21.3. The zero-order valence-corrected chi connectivity index (χ0v) is 11.4. The van der Waals surface area contributed by atoms with E-state index in [4.69, 9.17) is 5.26 Å². The van der Waals surface area contributed by atoms with Crippen LogP contribution in [-0.2, 0) is 0 Å². The minimum atomic E-state index is -0.417. The third-order valence-electron chi connectivity index (χ3n) is 3.91. The molecule has 0 radical (unpaired) electrons. The second kappa shape index (κ2) is 4.28. The summed E-state index contributed by atoms with van der Waals surface area (Å²) < 4.78 is 13.8.